The van der Waals surface area contributed by atoms with Gasteiger partial charge in [-0.3, -0.25) is 0 Å². The number of benzene rings is 1. The summed E-state index contributed by atoms with van der Waals surface area (Å²) in [6.45, 7) is -0.547. The topological polar surface area (TPSA) is 128 Å². The zero-order chi connectivity index (χ0) is 16.1. The fraction of sp³-hybridized carbons (Fsp3) is 0.500. The van der Waals surface area contributed by atoms with Crippen LogP contribution in [0.25, 0.3) is 0 Å². The van der Waals surface area contributed by atoms with E-state index in [1.54, 1.807) is 24.3 Å². The van der Waals surface area contributed by atoms with Crippen molar-refractivity contribution >= 4 is 6.09 Å². The number of alkyl carbamates (subject to hydrolysis) is 1. The molecule has 1 aromatic rings. The van der Waals surface area contributed by atoms with Gasteiger partial charge in [0.1, 0.15) is 31.0 Å². The molecule has 1 saturated heterocycles. The van der Waals surface area contributed by atoms with Gasteiger partial charge in [-0.05, 0) is 5.56 Å². The number of ether oxygens (including phenoxy) is 2. The molecule has 5 N–H and O–H groups in total. The fourth-order valence-electron chi connectivity index (χ4n) is 2.15. The molecule has 1 aromatic carbocycles. The molecule has 0 spiro atoms. The van der Waals surface area contributed by atoms with Crippen molar-refractivity contribution in [2.24, 2.45) is 0 Å². The van der Waals surface area contributed by atoms with E-state index < -0.39 is 43.3 Å². The summed E-state index contributed by atoms with van der Waals surface area (Å²) in [6.07, 6.45) is -6.49. The van der Waals surface area contributed by atoms with Gasteiger partial charge in [0.15, 0.2) is 6.29 Å². The first-order chi connectivity index (χ1) is 10.5. The van der Waals surface area contributed by atoms with Gasteiger partial charge in [-0.1, -0.05) is 30.3 Å². The number of carbonyl (C=O) groups is 1. The largest absolute Gasteiger partial charge is 0.445 e. The zero-order valence-corrected chi connectivity index (χ0v) is 11.7. The Hall–Kier alpha value is -1.71. The summed E-state index contributed by atoms with van der Waals surface area (Å²) < 4.78 is 9.88. The Labute approximate surface area is 126 Å². The molecule has 1 aliphatic rings. The van der Waals surface area contributed by atoms with E-state index in [2.05, 4.69) is 5.32 Å². The molecular formula is C14H19NO7. The van der Waals surface area contributed by atoms with E-state index >= 15 is 0 Å². The average Bonchev–Trinajstić information content (AvgIpc) is 2.54. The first-order valence-corrected chi connectivity index (χ1v) is 6.80. The van der Waals surface area contributed by atoms with Crippen LogP contribution >= 0.6 is 0 Å². The maximum atomic E-state index is 11.7. The van der Waals surface area contributed by atoms with Gasteiger partial charge in [-0.25, -0.2) is 4.79 Å². The van der Waals surface area contributed by atoms with Crippen molar-refractivity contribution in [2.45, 2.75) is 37.3 Å². The molecule has 2 rings (SSSR count). The number of nitrogens with one attached hydrogen (secondary N) is 1. The van der Waals surface area contributed by atoms with Crippen LogP contribution in [-0.2, 0) is 16.1 Å². The second-order valence-corrected chi connectivity index (χ2v) is 4.96. The minimum atomic E-state index is -1.57. The van der Waals surface area contributed by atoms with Gasteiger partial charge in [-0.2, -0.15) is 0 Å². The molecule has 5 atom stereocenters. The number of aliphatic hydroxyl groups is 4. The van der Waals surface area contributed by atoms with Crippen molar-refractivity contribution in [2.75, 3.05) is 6.61 Å². The highest BCUT2D eigenvalue weighted by Crippen LogP contribution is 2.19. The van der Waals surface area contributed by atoms with Gasteiger partial charge in [0.25, 0.3) is 0 Å². The third-order valence-electron chi connectivity index (χ3n) is 3.40. The predicted octanol–water partition coefficient (Wildman–Crippen LogP) is -1.29. The van der Waals surface area contributed by atoms with E-state index in [9.17, 15) is 20.1 Å². The number of hydrogen-bond donors (Lipinski definition) is 5. The van der Waals surface area contributed by atoms with E-state index in [0.717, 1.165) is 5.56 Å². The Bertz CT molecular complexity index is 483. The van der Waals surface area contributed by atoms with Crippen LogP contribution in [0.5, 0.6) is 0 Å². The molecule has 1 heterocycles. The second kappa shape index (κ2) is 7.52. The lowest BCUT2D eigenvalue weighted by Crippen LogP contribution is -2.64. The maximum Gasteiger partial charge on any atom is 0.407 e. The minimum Gasteiger partial charge on any atom is -0.445 e. The Morgan fingerprint density at radius 1 is 1.18 bits per heavy atom. The number of rotatable bonds is 4. The van der Waals surface area contributed by atoms with Gasteiger partial charge in [-0.15, -0.1) is 0 Å². The van der Waals surface area contributed by atoms with Crippen molar-refractivity contribution in [3.63, 3.8) is 0 Å². The molecule has 0 saturated carbocycles. The highest BCUT2D eigenvalue weighted by atomic mass is 16.6. The third kappa shape index (κ3) is 3.93. The molecule has 8 heteroatoms. The molecule has 1 aliphatic heterocycles. The smallest absolute Gasteiger partial charge is 0.407 e. The van der Waals surface area contributed by atoms with Crippen LogP contribution in [-0.4, -0.2) is 63.8 Å². The van der Waals surface area contributed by atoms with Crippen LogP contribution < -0.4 is 5.32 Å². The average molecular weight is 313 g/mol. The lowest BCUT2D eigenvalue weighted by Gasteiger charge is -2.39. The van der Waals surface area contributed by atoms with Crippen molar-refractivity contribution in [3.8, 4) is 0 Å². The first kappa shape index (κ1) is 16.7. The Balaban J connectivity index is 1.87. The Morgan fingerprint density at radius 2 is 1.86 bits per heavy atom. The van der Waals surface area contributed by atoms with Crippen LogP contribution in [0.1, 0.15) is 5.56 Å². The highest BCUT2D eigenvalue weighted by molar-refractivity contribution is 5.67. The molecule has 122 valence electrons. The molecule has 22 heavy (non-hydrogen) atoms. The highest BCUT2D eigenvalue weighted by Gasteiger charge is 2.44. The predicted molar refractivity (Wildman–Crippen MR) is 73.5 cm³/mol. The van der Waals surface area contributed by atoms with E-state index in [1.807, 2.05) is 6.07 Å². The quantitative estimate of drug-likeness (QED) is 0.468. The number of hydrogen-bond acceptors (Lipinski definition) is 7. The summed E-state index contributed by atoms with van der Waals surface area (Å²) in [5.41, 5.74) is 0.777. The summed E-state index contributed by atoms with van der Waals surface area (Å²) in [5.74, 6) is 0. The number of amides is 1. The van der Waals surface area contributed by atoms with E-state index in [0.29, 0.717) is 0 Å². The van der Waals surface area contributed by atoms with Crippen LogP contribution in [0.3, 0.4) is 0 Å². The second-order valence-electron chi connectivity index (χ2n) is 4.96. The monoisotopic (exact) mass is 313 g/mol. The van der Waals surface area contributed by atoms with Crippen molar-refractivity contribution in [1.82, 2.24) is 5.32 Å². The van der Waals surface area contributed by atoms with Gasteiger partial charge >= 0.3 is 6.09 Å². The van der Waals surface area contributed by atoms with Gasteiger partial charge in [0, 0.05) is 0 Å². The molecular weight excluding hydrogens is 294 g/mol. The van der Waals surface area contributed by atoms with Crippen LogP contribution in [0, 0.1) is 0 Å². The van der Waals surface area contributed by atoms with Crippen LogP contribution in [0.15, 0.2) is 30.3 Å². The van der Waals surface area contributed by atoms with Gasteiger partial charge in [0.05, 0.1) is 6.61 Å². The summed E-state index contributed by atoms with van der Waals surface area (Å²) >= 11 is 0. The first-order valence-electron chi connectivity index (χ1n) is 6.80. The van der Waals surface area contributed by atoms with E-state index in [4.69, 9.17) is 14.6 Å². The van der Waals surface area contributed by atoms with E-state index in [-0.39, 0.29) is 6.61 Å². The Morgan fingerprint density at radius 3 is 2.50 bits per heavy atom. The molecule has 0 aliphatic carbocycles. The number of aliphatic hydroxyl groups excluding tert-OH is 4. The molecule has 1 amide bonds. The zero-order valence-electron chi connectivity index (χ0n) is 11.7. The third-order valence-corrected chi connectivity index (χ3v) is 3.40. The Kier molecular flexibility index (Phi) is 5.69. The van der Waals surface area contributed by atoms with Gasteiger partial charge < -0.3 is 35.2 Å². The summed E-state index contributed by atoms with van der Waals surface area (Å²) in [4.78, 5) is 11.7. The molecule has 0 radical (unpaired) electrons. The SMILES string of the molecule is O=C(N[C@@H]1C(O)O[C@@H](CO)[C@H](O)[C@H]1O)OCc1ccccc1. The molecule has 8 nitrogen and oxygen atoms in total. The molecule has 0 aromatic heterocycles. The molecule has 1 unspecified atom stereocenters. The van der Waals surface area contributed by atoms with Crippen molar-refractivity contribution < 1.29 is 34.7 Å². The van der Waals surface area contributed by atoms with Crippen LogP contribution in [0.4, 0.5) is 4.79 Å². The summed E-state index contributed by atoms with van der Waals surface area (Å²) in [5, 5.41) is 40.5. The van der Waals surface area contributed by atoms with Gasteiger partial charge in [0.2, 0.25) is 0 Å². The van der Waals surface area contributed by atoms with E-state index in [1.165, 1.54) is 0 Å². The lowest BCUT2D eigenvalue weighted by atomic mass is 9.97. The number of carbonyl (C=O) groups excluding carboxylic acids is 1. The summed E-state index contributed by atoms with van der Waals surface area (Å²) in [6, 6.07) is 7.71. The molecule has 0 bridgehead atoms. The lowest BCUT2D eigenvalue weighted by molar-refractivity contribution is -0.253. The molecule has 1 fully saturated rings. The van der Waals surface area contributed by atoms with Crippen LogP contribution in [0.2, 0.25) is 0 Å². The van der Waals surface area contributed by atoms with Crippen molar-refractivity contribution in [3.05, 3.63) is 35.9 Å². The van der Waals surface area contributed by atoms with Crippen molar-refractivity contribution in [1.29, 1.82) is 0 Å². The summed E-state index contributed by atoms with van der Waals surface area (Å²) in [7, 11) is 0. The standard InChI is InChI=1S/C14H19NO7/c16-6-9-11(17)12(18)10(13(19)22-9)15-14(20)21-7-8-4-2-1-3-5-8/h1-5,9-13,16-19H,6-7H2,(H,15,20)/t9-,10-,11-,12-,13?/m0/s1. The maximum absolute atomic E-state index is 11.7. The normalized spacial score (nSPS) is 31.5. The minimum absolute atomic E-state index is 0.0221. The fourth-order valence-corrected chi connectivity index (χ4v) is 2.15.